The van der Waals surface area contributed by atoms with E-state index in [4.69, 9.17) is 5.73 Å². The summed E-state index contributed by atoms with van der Waals surface area (Å²) in [6.07, 6.45) is 1.44. The topological polar surface area (TPSA) is 90.4 Å². The number of primary amides is 1. The van der Waals surface area contributed by atoms with Crippen LogP contribution in [0, 0.1) is 0 Å². The summed E-state index contributed by atoms with van der Waals surface area (Å²) >= 11 is 0. The third-order valence-electron chi connectivity index (χ3n) is 2.90. The predicted molar refractivity (Wildman–Crippen MR) is 68.1 cm³/mol. The molecule has 1 amide bonds. The Morgan fingerprint density at radius 1 is 1.37 bits per heavy atom. The maximum absolute atomic E-state index is 11.3. The van der Waals surface area contributed by atoms with Crippen LogP contribution in [0.25, 0.3) is 0 Å². The second kappa shape index (κ2) is 4.52. The summed E-state index contributed by atoms with van der Waals surface area (Å²) in [6, 6.07) is 9.82. The van der Waals surface area contributed by atoms with E-state index in [0.717, 1.165) is 12.2 Å². The lowest BCUT2D eigenvalue weighted by Crippen LogP contribution is -2.15. The molecule has 0 spiro atoms. The van der Waals surface area contributed by atoms with Gasteiger partial charge >= 0.3 is 5.82 Å². The van der Waals surface area contributed by atoms with Crippen LogP contribution >= 0.6 is 0 Å². The van der Waals surface area contributed by atoms with Gasteiger partial charge in [0.05, 0.1) is 0 Å². The first-order chi connectivity index (χ1) is 9.25. The van der Waals surface area contributed by atoms with Crippen molar-refractivity contribution >= 4 is 17.4 Å². The lowest BCUT2D eigenvalue weighted by molar-refractivity contribution is -0.500. The zero-order chi connectivity index (χ0) is 13.2. The molecule has 7 heteroatoms. The molecule has 7 nitrogen and oxygen atoms in total. The van der Waals surface area contributed by atoms with Crippen molar-refractivity contribution in [3.8, 4) is 0 Å². The van der Waals surface area contributed by atoms with Crippen LogP contribution in [-0.2, 0) is 0 Å². The number of aromatic nitrogens is 2. The molecule has 19 heavy (non-hydrogen) atoms. The molecule has 2 heterocycles. The second-order valence-corrected chi connectivity index (χ2v) is 4.14. The smallest absolute Gasteiger partial charge is 0.312 e. The zero-order valence-corrected chi connectivity index (χ0v) is 10.2. The molecule has 0 saturated heterocycles. The first-order valence-electron chi connectivity index (χ1n) is 5.90. The van der Waals surface area contributed by atoms with Gasteiger partial charge in [0, 0.05) is 5.22 Å². The number of carbonyl (C=O) groups excluding carboxylic acids is 1. The number of H-pyrrole nitrogens is 1. The molecule has 0 aliphatic carbocycles. The van der Waals surface area contributed by atoms with Gasteiger partial charge in [0.2, 0.25) is 0 Å². The number of anilines is 1. The Morgan fingerprint density at radius 2 is 2.16 bits per heavy atom. The number of nitrogens with zero attached hydrogens (tertiary/aromatic N) is 4. The summed E-state index contributed by atoms with van der Waals surface area (Å²) in [5.74, 6) is -0.0770. The van der Waals surface area contributed by atoms with Crippen LogP contribution in [0.1, 0.15) is 10.5 Å². The number of amides is 1. The van der Waals surface area contributed by atoms with Gasteiger partial charge in [0.1, 0.15) is 18.8 Å². The van der Waals surface area contributed by atoms with E-state index in [1.54, 1.807) is 4.70 Å². The van der Waals surface area contributed by atoms with E-state index in [1.165, 1.54) is 6.33 Å². The molecule has 3 rings (SSSR count). The number of rotatable bonds is 3. The molecule has 3 N–H and O–H groups in total. The van der Waals surface area contributed by atoms with Gasteiger partial charge in [-0.15, -0.1) is 4.70 Å². The molecule has 1 aliphatic heterocycles. The predicted octanol–water partition coefficient (Wildman–Crippen LogP) is 1.04. The first kappa shape index (κ1) is 11.4. The van der Waals surface area contributed by atoms with Gasteiger partial charge in [0.15, 0.2) is 12.0 Å². The molecule has 0 radical (unpaired) electrons. The zero-order valence-electron chi connectivity index (χ0n) is 10.2. The van der Waals surface area contributed by atoms with Gasteiger partial charge in [-0.25, -0.2) is 0 Å². The second-order valence-electron chi connectivity index (χ2n) is 4.14. The molecule has 1 aromatic carbocycles. The van der Waals surface area contributed by atoms with Crippen LogP contribution in [0.5, 0.6) is 0 Å². The third-order valence-corrected chi connectivity index (χ3v) is 2.90. The summed E-state index contributed by atoms with van der Waals surface area (Å²) in [5, 5.41) is 6.28. The van der Waals surface area contributed by atoms with Crippen molar-refractivity contribution in [2.75, 3.05) is 18.1 Å². The van der Waals surface area contributed by atoms with Gasteiger partial charge in [0.25, 0.3) is 5.91 Å². The number of hydrogen-bond acceptors (Lipinski definition) is 4. The molecule has 1 aliphatic rings. The Kier molecular flexibility index (Phi) is 2.71. The molecule has 0 unspecified atom stereocenters. The summed E-state index contributed by atoms with van der Waals surface area (Å²) in [7, 11) is 0. The van der Waals surface area contributed by atoms with E-state index >= 15 is 0 Å². The van der Waals surface area contributed by atoms with Crippen molar-refractivity contribution in [2.45, 2.75) is 0 Å². The van der Waals surface area contributed by atoms with E-state index in [1.807, 2.05) is 35.3 Å². The van der Waals surface area contributed by atoms with Crippen LogP contribution in [-0.4, -0.2) is 33.7 Å². The average molecular weight is 257 g/mol. The van der Waals surface area contributed by atoms with Crippen molar-refractivity contribution in [2.24, 2.45) is 11.0 Å². The Bertz CT molecular complexity index is 633. The molecule has 96 valence electrons. The highest BCUT2D eigenvalue weighted by molar-refractivity contribution is 5.94. The minimum atomic E-state index is -0.541. The van der Waals surface area contributed by atoms with Gasteiger partial charge in [-0.2, -0.15) is 5.01 Å². The lowest BCUT2D eigenvalue weighted by Gasteiger charge is -2.04. The highest BCUT2D eigenvalue weighted by Crippen LogP contribution is 2.21. The van der Waals surface area contributed by atoms with Gasteiger partial charge in [-0.05, 0) is 12.1 Å². The van der Waals surface area contributed by atoms with Gasteiger partial charge in [-0.3, -0.25) is 4.79 Å². The summed E-state index contributed by atoms with van der Waals surface area (Å²) in [4.78, 5) is 18.1. The molecule has 0 bridgehead atoms. The molecule has 1 aromatic heterocycles. The van der Waals surface area contributed by atoms with E-state index in [9.17, 15) is 4.79 Å². The van der Waals surface area contributed by atoms with Crippen LogP contribution < -0.4 is 10.7 Å². The molecular formula is C12H13N6O+. The van der Waals surface area contributed by atoms with Crippen LogP contribution in [0.2, 0.25) is 0 Å². The van der Waals surface area contributed by atoms with Crippen LogP contribution in [0.4, 0.5) is 11.5 Å². The fraction of sp³-hybridized carbons (Fsp3) is 0.167. The number of nitrogens with two attached hydrogens (primary N) is 1. The molecule has 0 saturated carbocycles. The van der Waals surface area contributed by atoms with Crippen molar-refractivity contribution in [1.82, 2.24) is 9.97 Å². The van der Waals surface area contributed by atoms with E-state index in [2.05, 4.69) is 15.2 Å². The number of para-hydroxylation sites is 1. The van der Waals surface area contributed by atoms with Crippen molar-refractivity contribution < 1.29 is 9.49 Å². The van der Waals surface area contributed by atoms with Crippen LogP contribution in [0.3, 0.4) is 0 Å². The number of carbonyl (C=O) groups is 1. The molecule has 0 fully saturated rings. The standard InChI is InChI=1S/C12H12N6O/c13-11(19)10-12(15-8-14-10)18-7-6-17(16-18)9-4-2-1-3-5-9/h1-5,8H,6-7H2,(H2-,13,14,15,16,19)/p+1. The summed E-state index contributed by atoms with van der Waals surface area (Å²) < 4.78 is 1.67. The van der Waals surface area contributed by atoms with E-state index < -0.39 is 5.91 Å². The minimum absolute atomic E-state index is 0.277. The third kappa shape index (κ3) is 2.05. The highest BCUT2D eigenvalue weighted by Gasteiger charge is 2.28. The number of imidazole rings is 1. The monoisotopic (exact) mass is 257 g/mol. The SMILES string of the molecule is NC(=O)c1[nH]cnc1[N+]1=NN(c2ccccc2)CC1. The average Bonchev–Trinajstić information content (AvgIpc) is 3.08. The minimum Gasteiger partial charge on any atom is -0.364 e. The Morgan fingerprint density at radius 3 is 2.89 bits per heavy atom. The number of nitrogens with one attached hydrogen (secondary N) is 1. The number of hydrogen-bond donors (Lipinski definition) is 2. The van der Waals surface area contributed by atoms with Gasteiger partial charge < -0.3 is 10.7 Å². The fourth-order valence-corrected chi connectivity index (χ4v) is 2.00. The maximum atomic E-state index is 11.3. The maximum Gasteiger partial charge on any atom is 0.312 e. The molecule has 2 aromatic rings. The van der Waals surface area contributed by atoms with Crippen molar-refractivity contribution in [3.63, 3.8) is 0 Å². The number of benzene rings is 1. The quantitative estimate of drug-likeness (QED) is 0.805. The van der Waals surface area contributed by atoms with E-state index in [-0.39, 0.29) is 5.69 Å². The lowest BCUT2D eigenvalue weighted by atomic mass is 10.3. The highest BCUT2D eigenvalue weighted by atomic mass is 16.1. The molecular weight excluding hydrogens is 244 g/mol. The van der Waals surface area contributed by atoms with Gasteiger partial charge in [-0.1, -0.05) is 23.2 Å². The van der Waals surface area contributed by atoms with Crippen LogP contribution in [0.15, 0.2) is 41.9 Å². The Labute approximate surface area is 109 Å². The van der Waals surface area contributed by atoms with Crippen molar-refractivity contribution in [1.29, 1.82) is 0 Å². The normalized spacial score (nSPS) is 14.5. The molecule has 0 atom stereocenters. The summed E-state index contributed by atoms with van der Waals surface area (Å²) in [6.45, 7) is 1.38. The van der Waals surface area contributed by atoms with Crippen molar-refractivity contribution in [3.05, 3.63) is 42.4 Å². The fourth-order valence-electron chi connectivity index (χ4n) is 2.00. The van der Waals surface area contributed by atoms with E-state index in [0.29, 0.717) is 12.4 Å². The summed E-state index contributed by atoms with van der Waals surface area (Å²) in [5.41, 5.74) is 6.56. The first-order valence-corrected chi connectivity index (χ1v) is 5.90. The largest absolute Gasteiger partial charge is 0.364 e. The Balaban J connectivity index is 1.91. The number of aromatic amines is 1. The Hall–Kier alpha value is -2.70.